The summed E-state index contributed by atoms with van der Waals surface area (Å²) in [5.41, 5.74) is -0.759. The van der Waals surface area contributed by atoms with Gasteiger partial charge < -0.3 is 10.1 Å². The Hall–Kier alpha value is -1.94. The second-order valence-electron chi connectivity index (χ2n) is 4.98. The van der Waals surface area contributed by atoms with E-state index < -0.39 is 24.0 Å². The van der Waals surface area contributed by atoms with Crippen LogP contribution in [0, 0.1) is 17.2 Å². The molecular formula is C14H16BrN3O3. The minimum Gasteiger partial charge on any atom is -0.452 e. The number of nitrogens with zero attached hydrogens (tertiary/aromatic N) is 2. The lowest BCUT2D eigenvalue weighted by Gasteiger charge is -2.27. The average Bonchev–Trinajstić information content (AvgIpc) is 2.44. The Morgan fingerprint density at radius 1 is 1.52 bits per heavy atom. The van der Waals surface area contributed by atoms with Crippen LogP contribution in [-0.4, -0.2) is 29.0 Å². The van der Waals surface area contributed by atoms with Gasteiger partial charge in [-0.05, 0) is 34.8 Å². The molecule has 0 aliphatic heterocycles. The molecule has 0 bridgehead atoms. The highest BCUT2D eigenvalue weighted by atomic mass is 79.9. The smallest absolute Gasteiger partial charge is 0.340 e. The van der Waals surface area contributed by atoms with Crippen molar-refractivity contribution in [1.82, 2.24) is 10.3 Å². The number of ether oxygens (including phenoxy) is 1. The third-order valence-electron chi connectivity index (χ3n) is 3.06. The maximum absolute atomic E-state index is 11.8. The number of carbonyl (C=O) groups is 2. The molecular weight excluding hydrogens is 338 g/mol. The summed E-state index contributed by atoms with van der Waals surface area (Å²) in [6.45, 7) is 4.82. The lowest BCUT2D eigenvalue weighted by molar-refractivity contribution is -0.125. The number of hydrogen-bond donors (Lipinski definition) is 1. The van der Waals surface area contributed by atoms with Crippen LogP contribution in [0.4, 0.5) is 0 Å². The van der Waals surface area contributed by atoms with Crippen LogP contribution in [-0.2, 0) is 9.53 Å². The van der Waals surface area contributed by atoms with Crippen molar-refractivity contribution < 1.29 is 14.3 Å². The fraction of sp³-hybridized carbons (Fsp3) is 0.429. The quantitative estimate of drug-likeness (QED) is 0.817. The molecule has 1 aromatic rings. The number of nitriles is 1. The molecule has 1 amide bonds. The van der Waals surface area contributed by atoms with Crippen LogP contribution < -0.4 is 5.32 Å². The number of nitrogens with one attached hydrogen (secondary N) is 1. The highest BCUT2D eigenvalue weighted by Crippen LogP contribution is 2.15. The zero-order valence-electron chi connectivity index (χ0n) is 12.0. The first-order valence-electron chi connectivity index (χ1n) is 6.28. The van der Waals surface area contributed by atoms with E-state index in [0.717, 1.165) is 0 Å². The number of carbonyl (C=O) groups excluding carboxylic acids is 2. The van der Waals surface area contributed by atoms with Crippen molar-refractivity contribution in [3.63, 3.8) is 0 Å². The Kier molecular flexibility index (Phi) is 5.85. The first-order valence-corrected chi connectivity index (χ1v) is 7.07. The van der Waals surface area contributed by atoms with Crippen LogP contribution in [0.25, 0.3) is 0 Å². The van der Waals surface area contributed by atoms with E-state index in [0.29, 0.717) is 4.47 Å². The topological polar surface area (TPSA) is 92.1 Å². The van der Waals surface area contributed by atoms with Gasteiger partial charge in [-0.1, -0.05) is 13.8 Å². The zero-order chi connectivity index (χ0) is 16.0. The van der Waals surface area contributed by atoms with Crippen molar-refractivity contribution in [2.45, 2.75) is 26.3 Å². The molecule has 1 heterocycles. The summed E-state index contributed by atoms with van der Waals surface area (Å²) >= 11 is 3.19. The van der Waals surface area contributed by atoms with E-state index in [1.807, 2.05) is 19.9 Å². The summed E-state index contributed by atoms with van der Waals surface area (Å²) in [7, 11) is 0. The first-order chi connectivity index (χ1) is 9.78. The number of amides is 1. The Balaban J connectivity index is 2.58. The van der Waals surface area contributed by atoms with Gasteiger partial charge in [0.05, 0.1) is 11.6 Å². The second kappa shape index (κ2) is 7.18. The molecule has 0 aromatic carbocycles. The van der Waals surface area contributed by atoms with Crippen LogP contribution in [0.5, 0.6) is 0 Å². The summed E-state index contributed by atoms with van der Waals surface area (Å²) in [6, 6.07) is 3.59. The highest BCUT2D eigenvalue weighted by Gasteiger charge is 2.30. The largest absolute Gasteiger partial charge is 0.452 e. The molecule has 1 atom stereocenters. The molecule has 112 valence electrons. The van der Waals surface area contributed by atoms with E-state index >= 15 is 0 Å². The van der Waals surface area contributed by atoms with E-state index in [-0.39, 0.29) is 11.5 Å². The highest BCUT2D eigenvalue weighted by molar-refractivity contribution is 9.10. The molecule has 0 saturated heterocycles. The Morgan fingerprint density at radius 3 is 2.71 bits per heavy atom. The fourth-order valence-electron chi connectivity index (χ4n) is 1.37. The van der Waals surface area contributed by atoms with Crippen molar-refractivity contribution in [3.8, 4) is 6.07 Å². The predicted molar refractivity (Wildman–Crippen MR) is 79.2 cm³/mol. The number of hydrogen-bond acceptors (Lipinski definition) is 5. The molecule has 1 rings (SSSR count). The molecule has 0 spiro atoms. The Morgan fingerprint density at radius 2 is 2.19 bits per heavy atom. The standard InChI is InChI=1S/C14H16BrN3O3/c1-9(2)14(3,8-16)18-12(19)7-21-13(20)10-4-11(15)6-17-5-10/h4-6,9H,7H2,1-3H3,(H,18,19)/t14-/m1/s1. The van der Waals surface area contributed by atoms with Crippen LogP contribution in [0.2, 0.25) is 0 Å². The molecule has 0 fully saturated rings. The summed E-state index contributed by atoms with van der Waals surface area (Å²) in [5.74, 6) is -1.25. The van der Waals surface area contributed by atoms with E-state index in [1.54, 1.807) is 13.0 Å². The van der Waals surface area contributed by atoms with Gasteiger partial charge in [-0.15, -0.1) is 0 Å². The monoisotopic (exact) mass is 353 g/mol. The van der Waals surface area contributed by atoms with Crippen molar-refractivity contribution in [2.75, 3.05) is 6.61 Å². The molecule has 7 heteroatoms. The molecule has 0 unspecified atom stereocenters. The Bertz CT molecular complexity index is 583. The van der Waals surface area contributed by atoms with Gasteiger partial charge in [-0.25, -0.2) is 4.79 Å². The average molecular weight is 354 g/mol. The SMILES string of the molecule is CC(C)[C@@](C)(C#N)NC(=O)COC(=O)c1cncc(Br)c1. The van der Waals surface area contributed by atoms with Gasteiger partial charge >= 0.3 is 5.97 Å². The van der Waals surface area contributed by atoms with Gasteiger partial charge in [0.25, 0.3) is 5.91 Å². The molecule has 0 radical (unpaired) electrons. The van der Waals surface area contributed by atoms with Crippen molar-refractivity contribution in [3.05, 3.63) is 28.5 Å². The van der Waals surface area contributed by atoms with Gasteiger partial charge in [0, 0.05) is 16.9 Å². The lowest BCUT2D eigenvalue weighted by atomic mass is 9.90. The van der Waals surface area contributed by atoms with Gasteiger partial charge in [-0.2, -0.15) is 5.26 Å². The fourth-order valence-corrected chi connectivity index (χ4v) is 1.73. The molecule has 0 aliphatic carbocycles. The third-order valence-corrected chi connectivity index (χ3v) is 3.49. The van der Waals surface area contributed by atoms with Crippen molar-refractivity contribution in [1.29, 1.82) is 5.26 Å². The van der Waals surface area contributed by atoms with Gasteiger partial charge in [0.15, 0.2) is 6.61 Å². The van der Waals surface area contributed by atoms with E-state index in [4.69, 9.17) is 10.00 Å². The zero-order valence-corrected chi connectivity index (χ0v) is 13.6. The second-order valence-corrected chi connectivity index (χ2v) is 5.90. The molecule has 1 aromatic heterocycles. The van der Waals surface area contributed by atoms with E-state index in [2.05, 4.69) is 26.2 Å². The molecule has 21 heavy (non-hydrogen) atoms. The predicted octanol–water partition coefficient (Wildman–Crippen LogP) is 2.06. The number of esters is 1. The Labute approximate surface area is 131 Å². The molecule has 0 aliphatic rings. The third kappa shape index (κ3) is 4.83. The molecule has 6 nitrogen and oxygen atoms in total. The van der Waals surface area contributed by atoms with Crippen LogP contribution in [0.3, 0.4) is 0 Å². The van der Waals surface area contributed by atoms with E-state index in [1.165, 1.54) is 12.4 Å². The van der Waals surface area contributed by atoms with Crippen LogP contribution >= 0.6 is 15.9 Å². The van der Waals surface area contributed by atoms with Gasteiger partial charge in [-0.3, -0.25) is 9.78 Å². The molecule has 0 saturated carbocycles. The summed E-state index contributed by atoms with van der Waals surface area (Å²) in [4.78, 5) is 27.3. The van der Waals surface area contributed by atoms with Crippen molar-refractivity contribution >= 4 is 27.8 Å². The molecule has 1 N–H and O–H groups in total. The maximum atomic E-state index is 11.8. The minimum atomic E-state index is -0.999. The lowest BCUT2D eigenvalue weighted by Crippen LogP contribution is -2.50. The summed E-state index contributed by atoms with van der Waals surface area (Å²) < 4.78 is 5.53. The van der Waals surface area contributed by atoms with Crippen LogP contribution in [0.1, 0.15) is 31.1 Å². The normalized spacial score (nSPS) is 13.1. The first kappa shape index (κ1) is 17.1. The number of aromatic nitrogens is 1. The number of halogens is 1. The van der Waals surface area contributed by atoms with E-state index in [9.17, 15) is 9.59 Å². The minimum absolute atomic E-state index is 0.0727. The summed E-state index contributed by atoms with van der Waals surface area (Å²) in [6.07, 6.45) is 2.88. The van der Waals surface area contributed by atoms with Crippen LogP contribution in [0.15, 0.2) is 22.9 Å². The van der Waals surface area contributed by atoms with Gasteiger partial charge in [0.2, 0.25) is 0 Å². The summed E-state index contributed by atoms with van der Waals surface area (Å²) in [5, 5.41) is 11.7. The number of pyridine rings is 1. The van der Waals surface area contributed by atoms with Gasteiger partial charge in [0.1, 0.15) is 5.54 Å². The van der Waals surface area contributed by atoms with Crippen molar-refractivity contribution in [2.24, 2.45) is 5.92 Å². The maximum Gasteiger partial charge on any atom is 0.340 e. The number of rotatable bonds is 5.